The fourth-order valence-electron chi connectivity index (χ4n) is 5.41. The van der Waals surface area contributed by atoms with E-state index in [-0.39, 0.29) is 35.6 Å². The van der Waals surface area contributed by atoms with Gasteiger partial charge in [0.05, 0.1) is 0 Å². The summed E-state index contributed by atoms with van der Waals surface area (Å²) in [5.41, 5.74) is 10.4. The van der Waals surface area contributed by atoms with Crippen molar-refractivity contribution in [3.63, 3.8) is 0 Å². The molecule has 0 aliphatic heterocycles. The van der Waals surface area contributed by atoms with Crippen molar-refractivity contribution in [2.24, 2.45) is 0 Å². The van der Waals surface area contributed by atoms with E-state index in [0.29, 0.717) is 0 Å². The van der Waals surface area contributed by atoms with Gasteiger partial charge in [0.2, 0.25) is 0 Å². The Kier molecular flexibility index (Phi) is 9.40. The van der Waals surface area contributed by atoms with Crippen LogP contribution in [0.3, 0.4) is 0 Å². The van der Waals surface area contributed by atoms with Crippen LogP contribution in [-0.2, 0) is 38.5 Å². The number of halogens is 3. The molecule has 4 heteroatoms. The summed E-state index contributed by atoms with van der Waals surface area (Å²) in [7, 11) is 0. The van der Waals surface area contributed by atoms with Crippen LogP contribution in [0.25, 0.3) is 11.1 Å². The van der Waals surface area contributed by atoms with E-state index < -0.39 is 21.3 Å². The summed E-state index contributed by atoms with van der Waals surface area (Å²) in [4.78, 5) is 0. The molecule has 0 atom stereocenters. The summed E-state index contributed by atoms with van der Waals surface area (Å²) >= 11 is 4.01. The van der Waals surface area contributed by atoms with Crippen LogP contribution >= 0.6 is 36.4 Å². The Labute approximate surface area is 248 Å². The smallest absolute Gasteiger partial charge is 0.147 e. The molecule has 3 aromatic rings. The van der Waals surface area contributed by atoms with Gasteiger partial charge in [-0.3, -0.25) is 0 Å². The molecular weight excluding hydrogens is 594 g/mol. The zero-order valence-electron chi connectivity index (χ0n) is 22.6. The Morgan fingerprint density at radius 1 is 0.838 bits per heavy atom. The van der Waals surface area contributed by atoms with Gasteiger partial charge in [-0.25, -0.2) is 0 Å². The second-order valence-electron chi connectivity index (χ2n) is 12.0. The summed E-state index contributed by atoms with van der Waals surface area (Å²) in [5.74, 6) is 0. The summed E-state index contributed by atoms with van der Waals surface area (Å²) in [6.07, 6.45) is 9.11. The first kappa shape index (κ1) is 30.3. The van der Waals surface area contributed by atoms with Gasteiger partial charge in [0.1, 0.15) is 0 Å². The van der Waals surface area contributed by atoms with Crippen LogP contribution in [0.1, 0.15) is 75.8 Å². The molecule has 0 unspecified atom stereocenters. The van der Waals surface area contributed by atoms with Crippen molar-refractivity contribution in [1.82, 2.24) is 0 Å². The van der Waals surface area contributed by atoms with E-state index in [1.54, 1.807) is 12.1 Å². The number of allylic oxidation sites excluding steroid dienone is 4. The minimum Gasteiger partial charge on any atom is -0.147 e. The van der Waals surface area contributed by atoms with Gasteiger partial charge in [-0.1, -0.05) is 0 Å². The van der Waals surface area contributed by atoms with Crippen molar-refractivity contribution in [1.29, 1.82) is 0 Å². The minimum atomic E-state index is -2.41. The summed E-state index contributed by atoms with van der Waals surface area (Å²) in [6.45, 7) is 14.1. The fraction of sp³-hybridized carbons (Fsp3) is 0.303. The molecule has 0 saturated heterocycles. The van der Waals surface area contributed by atoms with E-state index in [4.69, 9.17) is 11.6 Å². The minimum absolute atomic E-state index is 0. The average molecular weight is 631 g/mol. The Morgan fingerprint density at radius 2 is 1.57 bits per heavy atom. The quantitative estimate of drug-likeness (QED) is 0.212. The number of fused-ring (bicyclic) bond motifs is 3. The van der Waals surface area contributed by atoms with E-state index in [9.17, 15) is 0 Å². The molecule has 0 bridgehead atoms. The normalized spacial score (nSPS) is 14.5. The van der Waals surface area contributed by atoms with E-state index in [0.717, 1.165) is 17.9 Å². The van der Waals surface area contributed by atoms with Gasteiger partial charge < -0.3 is 0 Å². The number of hydrogen-bond donors (Lipinski definition) is 0. The van der Waals surface area contributed by atoms with Gasteiger partial charge >= 0.3 is 225 Å². The van der Waals surface area contributed by atoms with Crippen LogP contribution in [-0.4, -0.2) is 3.71 Å². The molecule has 0 saturated carbocycles. The number of rotatable bonds is 3. The number of hydrogen-bond acceptors (Lipinski definition) is 0. The average Bonchev–Trinajstić information content (AvgIpc) is 3.43. The van der Waals surface area contributed by atoms with Crippen LogP contribution in [0.15, 0.2) is 76.1 Å². The second-order valence-corrected chi connectivity index (χ2v) is 18.0. The predicted molar refractivity (Wildman–Crippen MR) is 165 cm³/mol. The summed E-state index contributed by atoms with van der Waals surface area (Å²) < 4.78 is 5.96. The standard InChI is InChI=1S/C21H25.C7H5Cl.C5H5.2ClH.Zr/c1-20(2,3)16-7-9-18-14(12-16)11-15-13-17(21(4,5)6)8-10-19(15)18;1-6-3-2-4-7(8)5-6;1-2-4-5-3-1;;;/h7-10,12H,11H2,1-6H3;1-5H;1-3H,4H2;2*1H;. The third-order valence-electron chi connectivity index (χ3n) is 7.30. The Morgan fingerprint density at radius 3 is 2.19 bits per heavy atom. The zero-order chi connectivity index (χ0) is 25.0. The molecule has 0 N–H and O–H groups in total. The van der Waals surface area contributed by atoms with Gasteiger partial charge in [-0.05, 0) is 0 Å². The largest absolute Gasteiger partial charge is 0.147 e. The molecule has 2 aliphatic rings. The predicted octanol–water partition coefficient (Wildman–Crippen LogP) is 9.29. The molecular formula is C33H37Cl3Zr. The summed E-state index contributed by atoms with van der Waals surface area (Å²) in [6, 6.07) is 20.4. The molecule has 3 aromatic carbocycles. The molecule has 0 nitrogen and oxygen atoms in total. The maximum Gasteiger partial charge on any atom is -0.147 e. The van der Waals surface area contributed by atoms with Crippen LogP contribution in [0.2, 0.25) is 5.02 Å². The fourth-order valence-corrected chi connectivity index (χ4v) is 13.2. The molecule has 0 radical (unpaired) electrons. The second kappa shape index (κ2) is 11.5. The third kappa shape index (κ3) is 6.17. The van der Waals surface area contributed by atoms with Crippen molar-refractivity contribution in [3.8, 4) is 11.1 Å². The summed E-state index contributed by atoms with van der Waals surface area (Å²) in [5, 5.41) is 0.816. The Balaban J connectivity index is 0.00000190. The molecule has 5 rings (SSSR count). The first-order chi connectivity index (χ1) is 16.5. The van der Waals surface area contributed by atoms with Crippen LogP contribution in [0.4, 0.5) is 0 Å². The molecule has 0 fully saturated rings. The number of benzene rings is 3. The van der Waals surface area contributed by atoms with E-state index >= 15 is 0 Å². The van der Waals surface area contributed by atoms with E-state index in [2.05, 4.69) is 112 Å². The van der Waals surface area contributed by atoms with Gasteiger partial charge in [0.25, 0.3) is 0 Å². The Hall–Kier alpha value is -1.24. The van der Waals surface area contributed by atoms with E-state index in [1.165, 1.54) is 33.4 Å². The monoisotopic (exact) mass is 628 g/mol. The van der Waals surface area contributed by atoms with Crippen LogP contribution in [0, 0.1) is 0 Å². The van der Waals surface area contributed by atoms with Crippen molar-refractivity contribution in [2.45, 2.75) is 65.2 Å². The van der Waals surface area contributed by atoms with Crippen molar-refractivity contribution >= 4 is 43.4 Å². The maximum atomic E-state index is 6.42. The van der Waals surface area contributed by atoms with Crippen molar-refractivity contribution in [2.75, 3.05) is 0 Å². The van der Waals surface area contributed by atoms with Crippen LogP contribution < -0.4 is 3.27 Å². The van der Waals surface area contributed by atoms with Gasteiger partial charge in [-0.15, -0.1) is 24.8 Å². The molecule has 0 aromatic heterocycles. The molecule has 2 aliphatic carbocycles. The first-order valence-corrected chi connectivity index (χ1v) is 16.9. The Bertz CT molecular complexity index is 1410. The molecule has 0 heterocycles. The van der Waals surface area contributed by atoms with E-state index in [1.807, 2.05) is 6.07 Å². The molecule has 194 valence electrons. The molecule has 0 spiro atoms. The molecule has 0 amide bonds. The topological polar surface area (TPSA) is 0 Å². The van der Waals surface area contributed by atoms with Crippen molar-refractivity contribution < 1.29 is 21.3 Å². The zero-order valence-corrected chi connectivity index (χ0v) is 27.5. The van der Waals surface area contributed by atoms with Gasteiger partial charge in [0, 0.05) is 0 Å². The van der Waals surface area contributed by atoms with Crippen molar-refractivity contribution in [3.05, 3.63) is 109 Å². The van der Waals surface area contributed by atoms with Crippen LogP contribution in [0.5, 0.6) is 0 Å². The van der Waals surface area contributed by atoms with Gasteiger partial charge in [0.15, 0.2) is 0 Å². The SMILES string of the molecule is CC(C)(C)c1ccc2c(c1)Cc1c-2ccc(C(C)(C)C)[c]1/[Zr](=[CH]\c1cccc(Cl)c1)[C]1=CC=CC1.Cl.Cl. The molecule has 37 heavy (non-hydrogen) atoms. The van der Waals surface area contributed by atoms with Gasteiger partial charge in [-0.2, -0.15) is 0 Å². The maximum absolute atomic E-state index is 6.42. The first-order valence-electron chi connectivity index (χ1n) is 12.7. The third-order valence-corrected chi connectivity index (χ3v) is 14.4.